The average molecular weight is 267 g/mol. The Labute approximate surface area is 120 Å². The molecule has 0 saturated carbocycles. The molecule has 0 aromatic carbocycles. The lowest BCUT2D eigenvalue weighted by Gasteiger charge is -2.26. The number of hydrogen-bond donors (Lipinski definition) is 1. The van der Waals surface area contributed by atoms with E-state index in [0.29, 0.717) is 6.17 Å². The fourth-order valence-corrected chi connectivity index (χ4v) is 2.48. The Morgan fingerprint density at radius 3 is 2.32 bits per heavy atom. The first-order valence-corrected chi connectivity index (χ1v) is 8.12. The maximum atomic E-state index is 3.56. The van der Waals surface area contributed by atoms with Gasteiger partial charge in [0, 0.05) is 26.0 Å². The van der Waals surface area contributed by atoms with Crippen molar-refractivity contribution < 1.29 is 0 Å². The summed E-state index contributed by atoms with van der Waals surface area (Å²) in [6.07, 6.45) is 14.4. The van der Waals surface area contributed by atoms with Gasteiger partial charge in [-0.2, -0.15) is 0 Å². The van der Waals surface area contributed by atoms with Crippen LogP contribution in [-0.2, 0) is 0 Å². The largest absolute Gasteiger partial charge is 0.359 e. The first-order valence-electron chi connectivity index (χ1n) is 8.12. The first kappa shape index (κ1) is 16.4. The molecule has 0 aromatic rings. The van der Waals surface area contributed by atoms with Crippen molar-refractivity contribution >= 4 is 0 Å². The van der Waals surface area contributed by atoms with E-state index in [1.807, 2.05) is 0 Å². The molecule has 1 atom stereocenters. The van der Waals surface area contributed by atoms with Crippen LogP contribution >= 0.6 is 0 Å². The van der Waals surface area contributed by atoms with Gasteiger partial charge in [0.1, 0.15) is 0 Å². The zero-order valence-electron chi connectivity index (χ0n) is 13.2. The van der Waals surface area contributed by atoms with Gasteiger partial charge in [-0.25, -0.2) is 0 Å². The Hall–Kier alpha value is -0.700. The van der Waals surface area contributed by atoms with E-state index in [0.717, 1.165) is 13.1 Å². The summed E-state index contributed by atoms with van der Waals surface area (Å²) in [5, 5.41) is 3.56. The van der Waals surface area contributed by atoms with Crippen molar-refractivity contribution in [3.63, 3.8) is 0 Å². The van der Waals surface area contributed by atoms with Crippen molar-refractivity contribution in [2.75, 3.05) is 26.7 Å². The quantitative estimate of drug-likeness (QED) is 0.579. The van der Waals surface area contributed by atoms with Gasteiger partial charge in [0.15, 0.2) is 0 Å². The van der Waals surface area contributed by atoms with E-state index in [1.54, 1.807) is 0 Å². The number of unbranched alkanes of at least 4 members (excludes halogenated alkanes) is 5. The molecule has 0 amide bonds. The summed E-state index contributed by atoms with van der Waals surface area (Å²) in [7, 11) is 2.14. The first-order chi connectivity index (χ1) is 9.25. The molecule has 0 bridgehead atoms. The maximum absolute atomic E-state index is 3.56. The van der Waals surface area contributed by atoms with E-state index in [-0.39, 0.29) is 0 Å². The van der Waals surface area contributed by atoms with Crippen LogP contribution in [0.15, 0.2) is 12.4 Å². The summed E-state index contributed by atoms with van der Waals surface area (Å²) in [6.45, 7) is 8.03. The van der Waals surface area contributed by atoms with E-state index in [2.05, 4.69) is 48.4 Å². The van der Waals surface area contributed by atoms with Crippen LogP contribution in [0.3, 0.4) is 0 Å². The zero-order valence-corrected chi connectivity index (χ0v) is 13.2. The van der Waals surface area contributed by atoms with Crippen LogP contribution in [0.5, 0.6) is 0 Å². The van der Waals surface area contributed by atoms with Gasteiger partial charge < -0.3 is 15.1 Å². The molecule has 3 nitrogen and oxygen atoms in total. The third kappa shape index (κ3) is 6.86. The smallest absolute Gasteiger partial charge is 0.0974 e. The Bertz CT molecular complexity index is 240. The molecule has 1 unspecified atom stereocenters. The van der Waals surface area contributed by atoms with Crippen molar-refractivity contribution in [2.24, 2.45) is 0 Å². The highest BCUT2D eigenvalue weighted by atomic mass is 15.4. The van der Waals surface area contributed by atoms with Crippen LogP contribution < -0.4 is 5.32 Å². The van der Waals surface area contributed by atoms with Crippen molar-refractivity contribution in [3.8, 4) is 0 Å². The lowest BCUT2D eigenvalue weighted by Crippen LogP contribution is -2.35. The van der Waals surface area contributed by atoms with E-state index in [9.17, 15) is 0 Å². The SMILES string of the molecule is CCCCCCCCNCCCN1C=CN(C)C1C. The van der Waals surface area contributed by atoms with E-state index >= 15 is 0 Å². The topological polar surface area (TPSA) is 18.5 Å². The highest BCUT2D eigenvalue weighted by Gasteiger charge is 2.17. The van der Waals surface area contributed by atoms with Crippen molar-refractivity contribution in [2.45, 2.75) is 65.0 Å². The number of hydrogen-bond acceptors (Lipinski definition) is 3. The van der Waals surface area contributed by atoms with E-state index in [1.165, 1.54) is 51.5 Å². The standard InChI is InChI=1S/C16H33N3/c1-4-5-6-7-8-9-11-17-12-10-13-19-15-14-18(3)16(19)2/h14-17H,4-13H2,1-3H3. The normalized spacial score (nSPS) is 18.6. The molecule has 112 valence electrons. The molecule has 1 heterocycles. The van der Waals surface area contributed by atoms with Gasteiger partial charge in [-0.1, -0.05) is 39.0 Å². The van der Waals surface area contributed by atoms with Crippen LogP contribution in [0, 0.1) is 0 Å². The monoisotopic (exact) mass is 267 g/mol. The van der Waals surface area contributed by atoms with E-state index in [4.69, 9.17) is 0 Å². The van der Waals surface area contributed by atoms with Crippen LogP contribution in [0.1, 0.15) is 58.8 Å². The van der Waals surface area contributed by atoms with Gasteiger partial charge in [-0.3, -0.25) is 0 Å². The van der Waals surface area contributed by atoms with Crippen LogP contribution in [0.25, 0.3) is 0 Å². The van der Waals surface area contributed by atoms with Crippen molar-refractivity contribution in [1.29, 1.82) is 0 Å². The van der Waals surface area contributed by atoms with Gasteiger partial charge in [0.25, 0.3) is 0 Å². The minimum atomic E-state index is 0.526. The Morgan fingerprint density at radius 1 is 0.947 bits per heavy atom. The van der Waals surface area contributed by atoms with Gasteiger partial charge in [-0.15, -0.1) is 0 Å². The molecule has 0 aliphatic carbocycles. The highest BCUT2D eigenvalue weighted by Crippen LogP contribution is 2.12. The molecular formula is C16H33N3. The summed E-state index contributed by atoms with van der Waals surface area (Å²) in [6, 6.07) is 0. The molecule has 0 saturated heterocycles. The zero-order chi connectivity index (χ0) is 13.9. The molecule has 19 heavy (non-hydrogen) atoms. The second-order valence-corrected chi connectivity index (χ2v) is 5.70. The van der Waals surface area contributed by atoms with Crippen molar-refractivity contribution in [1.82, 2.24) is 15.1 Å². The molecule has 3 heteroatoms. The van der Waals surface area contributed by atoms with Gasteiger partial charge in [0.2, 0.25) is 0 Å². The van der Waals surface area contributed by atoms with Crippen LogP contribution in [-0.4, -0.2) is 42.6 Å². The molecular weight excluding hydrogens is 234 g/mol. The number of nitrogens with one attached hydrogen (secondary N) is 1. The van der Waals surface area contributed by atoms with Crippen LogP contribution in [0.2, 0.25) is 0 Å². The number of rotatable bonds is 11. The summed E-state index contributed by atoms with van der Waals surface area (Å²) >= 11 is 0. The fraction of sp³-hybridized carbons (Fsp3) is 0.875. The molecule has 1 rings (SSSR count). The minimum Gasteiger partial charge on any atom is -0.359 e. The molecule has 0 fully saturated rings. The summed E-state index contributed by atoms with van der Waals surface area (Å²) in [5.41, 5.74) is 0. The summed E-state index contributed by atoms with van der Waals surface area (Å²) < 4.78 is 0. The van der Waals surface area contributed by atoms with Crippen molar-refractivity contribution in [3.05, 3.63) is 12.4 Å². The molecule has 1 N–H and O–H groups in total. The molecule has 1 aliphatic rings. The Morgan fingerprint density at radius 2 is 1.63 bits per heavy atom. The lowest BCUT2D eigenvalue weighted by atomic mass is 10.1. The second kappa shape index (κ2) is 10.1. The highest BCUT2D eigenvalue weighted by molar-refractivity contribution is 4.93. The summed E-state index contributed by atoms with van der Waals surface area (Å²) in [5.74, 6) is 0. The average Bonchev–Trinajstić information content (AvgIpc) is 2.73. The van der Waals surface area contributed by atoms with Gasteiger partial charge in [0.05, 0.1) is 6.17 Å². The van der Waals surface area contributed by atoms with Crippen LogP contribution in [0.4, 0.5) is 0 Å². The maximum Gasteiger partial charge on any atom is 0.0974 e. The second-order valence-electron chi connectivity index (χ2n) is 5.70. The summed E-state index contributed by atoms with van der Waals surface area (Å²) in [4.78, 5) is 4.66. The predicted octanol–water partition coefficient (Wildman–Crippen LogP) is 3.39. The molecule has 1 aliphatic heterocycles. The third-order valence-corrected chi connectivity index (χ3v) is 4.04. The number of nitrogens with zero attached hydrogens (tertiary/aromatic N) is 2. The Kier molecular flexibility index (Phi) is 8.72. The fourth-order valence-electron chi connectivity index (χ4n) is 2.48. The Balaban J connectivity index is 1.83. The van der Waals surface area contributed by atoms with Gasteiger partial charge in [-0.05, 0) is 32.9 Å². The predicted molar refractivity (Wildman–Crippen MR) is 83.9 cm³/mol. The minimum absolute atomic E-state index is 0.526. The molecule has 0 aromatic heterocycles. The molecule has 0 spiro atoms. The lowest BCUT2D eigenvalue weighted by molar-refractivity contribution is 0.193. The van der Waals surface area contributed by atoms with Gasteiger partial charge >= 0.3 is 0 Å². The third-order valence-electron chi connectivity index (χ3n) is 4.04. The molecule has 0 radical (unpaired) electrons. The van der Waals surface area contributed by atoms with E-state index < -0.39 is 0 Å².